The molecule has 0 atom stereocenters. The summed E-state index contributed by atoms with van der Waals surface area (Å²) < 4.78 is 27.5. The Morgan fingerprint density at radius 3 is 2.29 bits per heavy atom. The van der Waals surface area contributed by atoms with Gasteiger partial charge in [0.1, 0.15) is 0 Å². The molecule has 1 amide bonds. The molecule has 0 saturated carbocycles. The van der Waals surface area contributed by atoms with Crippen molar-refractivity contribution in [1.82, 2.24) is 9.21 Å². The predicted molar refractivity (Wildman–Crippen MR) is 110 cm³/mol. The number of hydrogen-bond acceptors (Lipinski definition) is 3. The van der Waals surface area contributed by atoms with E-state index in [9.17, 15) is 13.2 Å². The molecule has 5 nitrogen and oxygen atoms in total. The largest absolute Gasteiger partial charge is 0.336 e. The van der Waals surface area contributed by atoms with Gasteiger partial charge in [-0.3, -0.25) is 4.79 Å². The van der Waals surface area contributed by atoms with Gasteiger partial charge in [0.25, 0.3) is 5.91 Å². The first-order valence-corrected chi connectivity index (χ1v) is 11.4. The minimum atomic E-state index is -3.55. The number of aryl methyl sites for hydroxylation is 2. The molecule has 2 aromatic carbocycles. The van der Waals surface area contributed by atoms with Gasteiger partial charge in [-0.25, -0.2) is 8.42 Å². The maximum atomic E-state index is 13.0. The second-order valence-corrected chi connectivity index (χ2v) is 9.86. The molecule has 1 aliphatic carbocycles. The summed E-state index contributed by atoms with van der Waals surface area (Å²) in [5.74, 6) is -0.173. The Hall–Kier alpha value is -1.60. The van der Waals surface area contributed by atoms with Crippen LogP contribution in [0.15, 0.2) is 41.3 Å². The summed E-state index contributed by atoms with van der Waals surface area (Å²) in [6.07, 6.45) is 3.03. The predicted octanol–water partition coefficient (Wildman–Crippen LogP) is 3.63. The van der Waals surface area contributed by atoms with Gasteiger partial charge in [0.2, 0.25) is 10.0 Å². The third kappa shape index (κ3) is 3.66. The van der Waals surface area contributed by atoms with E-state index in [0.29, 0.717) is 33.6 Å². The average molecular weight is 439 g/mol. The molecule has 0 unspecified atom stereocenters. The molecule has 0 radical (unpaired) electrons. The van der Waals surface area contributed by atoms with Crippen LogP contribution < -0.4 is 0 Å². The molecule has 1 fully saturated rings. The SMILES string of the molecule is O=C(c1ccc(Cl)c(Cl)c1)N1CCN(S(=O)(=O)c2ccc3c(c2)CCC3)CC1. The van der Waals surface area contributed by atoms with Crippen molar-refractivity contribution in [2.75, 3.05) is 26.2 Å². The first-order chi connectivity index (χ1) is 13.4. The molecule has 1 heterocycles. The number of rotatable bonds is 3. The van der Waals surface area contributed by atoms with Crippen molar-refractivity contribution in [2.24, 2.45) is 0 Å². The molecule has 2 aliphatic rings. The number of carbonyl (C=O) groups is 1. The summed E-state index contributed by atoms with van der Waals surface area (Å²) in [6.45, 7) is 1.21. The Morgan fingerprint density at radius 1 is 0.857 bits per heavy atom. The Balaban J connectivity index is 1.46. The molecule has 1 aliphatic heterocycles. The number of amides is 1. The molecule has 148 valence electrons. The summed E-state index contributed by atoms with van der Waals surface area (Å²) in [4.78, 5) is 14.7. The molecular weight excluding hydrogens is 419 g/mol. The summed E-state index contributed by atoms with van der Waals surface area (Å²) in [5.41, 5.74) is 2.83. The van der Waals surface area contributed by atoms with E-state index in [1.54, 1.807) is 29.2 Å². The van der Waals surface area contributed by atoms with E-state index in [0.717, 1.165) is 24.8 Å². The van der Waals surface area contributed by atoms with Gasteiger partial charge in [-0.1, -0.05) is 29.3 Å². The highest BCUT2D eigenvalue weighted by atomic mass is 35.5. The Bertz CT molecular complexity index is 1030. The highest BCUT2D eigenvalue weighted by molar-refractivity contribution is 7.89. The summed E-state index contributed by atoms with van der Waals surface area (Å²) in [7, 11) is -3.55. The van der Waals surface area contributed by atoms with Gasteiger partial charge >= 0.3 is 0 Å². The molecule has 0 aromatic heterocycles. The first kappa shape index (κ1) is 19.7. The van der Waals surface area contributed by atoms with Crippen LogP contribution in [0, 0.1) is 0 Å². The van der Waals surface area contributed by atoms with Crippen LogP contribution in [0.2, 0.25) is 10.0 Å². The van der Waals surface area contributed by atoms with E-state index in [-0.39, 0.29) is 19.0 Å². The summed E-state index contributed by atoms with van der Waals surface area (Å²) in [6, 6.07) is 10.2. The molecule has 28 heavy (non-hydrogen) atoms. The van der Waals surface area contributed by atoms with Crippen LogP contribution in [0.1, 0.15) is 27.9 Å². The van der Waals surface area contributed by atoms with E-state index >= 15 is 0 Å². The summed E-state index contributed by atoms with van der Waals surface area (Å²) in [5, 5.41) is 0.716. The maximum absolute atomic E-state index is 13.0. The minimum Gasteiger partial charge on any atom is -0.336 e. The lowest BCUT2D eigenvalue weighted by Gasteiger charge is -2.34. The Labute approximate surface area is 174 Å². The van der Waals surface area contributed by atoms with Gasteiger partial charge < -0.3 is 4.90 Å². The average Bonchev–Trinajstić information content (AvgIpc) is 3.17. The van der Waals surface area contributed by atoms with Gasteiger partial charge in [-0.05, 0) is 60.7 Å². The fourth-order valence-corrected chi connectivity index (χ4v) is 5.57. The molecule has 0 bridgehead atoms. The lowest BCUT2D eigenvalue weighted by molar-refractivity contribution is 0.0698. The van der Waals surface area contributed by atoms with Crippen molar-refractivity contribution < 1.29 is 13.2 Å². The van der Waals surface area contributed by atoms with E-state index in [2.05, 4.69) is 0 Å². The van der Waals surface area contributed by atoms with Gasteiger partial charge in [-0.2, -0.15) is 4.31 Å². The van der Waals surface area contributed by atoms with Crippen LogP contribution in [-0.4, -0.2) is 49.7 Å². The van der Waals surface area contributed by atoms with Crippen LogP contribution in [0.4, 0.5) is 0 Å². The van der Waals surface area contributed by atoms with Crippen molar-refractivity contribution in [1.29, 1.82) is 0 Å². The van der Waals surface area contributed by atoms with Crippen LogP contribution in [0.3, 0.4) is 0 Å². The zero-order valence-corrected chi connectivity index (χ0v) is 17.5. The number of sulfonamides is 1. The molecular formula is C20H20Cl2N2O3S. The van der Waals surface area contributed by atoms with Gasteiger partial charge in [0.05, 0.1) is 14.9 Å². The first-order valence-electron chi connectivity index (χ1n) is 9.22. The number of nitrogens with zero attached hydrogens (tertiary/aromatic N) is 2. The van der Waals surface area contributed by atoms with Crippen LogP contribution in [-0.2, 0) is 22.9 Å². The van der Waals surface area contributed by atoms with Crippen molar-refractivity contribution in [2.45, 2.75) is 24.2 Å². The van der Waals surface area contributed by atoms with Crippen molar-refractivity contribution in [3.8, 4) is 0 Å². The van der Waals surface area contributed by atoms with Crippen molar-refractivity contribution in [3.05, 3.63) is 63.1 Å². The zero-order chi connectivity index (χ0) is 19.9. The standard InChI is InChI=1S/C20H20Cl2N2O3S/c21-18-7-5-16(13-19(18)22)20(25)23-8-10-24(11-9-23)28(26,27)17-6-4-14-2-1-3-15(14)12-17/h4-7,12-13H,1-3,8-11H2. The number of fused-ring (bicyclic) bond motifs is 1. The fraction of sp³-hybridized carbons (Fsp3) is 0.350. The third-order valence-electron chi connectivity index (χ3n) is 5.40. The van der Waals surface area contributed by atoms with Crippen molar-refractivity contribution >= 4 is 39.1 Å². The minimum absolute atomic E-state index is 0.173. The van der Waals surface area contributed by atoms with Gasteiger partial charge in [0.15, 0.2) is 0 Å². The van der Waals surface area contributed by atoms with Gasteiger partial charge in [-0.15, -0.1) is 0 Å². The molecule has 1 saturated heterocycles. The Kier molecular flexibility index (Phi) is 5.40. The molecule has 0 spiro atoms. The highest BCUT2D eigenvalue weighted by Gasteiger charge is 2.31. The second-order valence-electron chi connectivity index (χ2n) is 7.11. The number of carbonyl (C=O) groups excluding carboxylic acids is 1. The number of halogens is 2. The lowest BCUT2D eigenvalue weighted by Crippen LogP contribution is -2.50. The summed E-state index contributed by atoms with van der Waals surface area (Å²) >= 11 is 11.9. The molecule has 8 heteroatoms. The van der Waals surface area contributed by atoms with E-state index in [1.165, 1.54) is 9.87 Å². The topological polar surface area (TPSA) is 57.7 Å². The quantitative estimate of drug-likeness (QED) is 0.734. The maximum Gasteiger partial charge on any atom is 0.253 e. The van der Waals surface area contributed by atoms with Gasteiger partial charge in [0, 0.05) is 31.7 Å². The Morgan fingerprint density at radius 2 is 1.57 bits per heavy atom. The smallest absolute Gasteiger partial charge is 0.253 e. The van der Waals surface area contributed by atoms with Crippen LogP contribution in [0.25, 0.3) is 0 Å². The number of benzene rings is 2. The number of hydrogen-bond donors (Lipinski definition) is 0. The van der Waals surface area contributed by atoms with E-state index in [1.807, 2.05) is 12.1 Å². The fourth-order valence-electron chi connectivity index (χ4n) is 3.80. The third-order valence-corrected chi connectivity index (χ3v) is 8.03. The highest BCUT2D eigenvalue weighted by Crippen LogP contribution is 2.27. The lowest BCUT2D eigenvalue weighted by atomic mass is 10.1. The van der Waals surface area contributed by atoms with E-state index in [4.69, 9.17) is 23.2 Å². The van der Waals surface area contributed by atoms with E-state index < -0.39 is 10.0 Å². The monoisotopic (exact) mass is 438 g/mol. The number of piperazine rings is 1. The molecule has 2 aromatic rings. The van der Waals surface area contributed by atoms with Crippen LogP contribution in [0.5, 0.6) is 0 Å². The van der Waals surface area contributed by atoms with Crippen molar-refractivity contribution in [3.63, 3.8) is 0 Å². The normalized spacial score (nSPS) is 17.6. The molecule has 0 N–H and O–H groups in total. The second kappa shape index (κ2) is 7.67. The molecule has 4 rings (SSSR count). The zero-order valence-electron chi connectivity index (χ0n) is 15.2. The van der Waals surface area contributed by atoms with Crippen LogP contribution >= 0.6 is 23.2 Å².